The molecule has 1 fully saturated rings. The van der Waals surface area contributed by atoms with Crippen LogP contribution < -0.4 is 14.8 Å². The van der Waals surface area contributed by atoms with Crippen molar-refractivity contribution >= 4 is 17.2 Å². The number of hydrogen-bond donors (Lipinski definition) is 1. The van der Waals surface area contributed by atoms with Crippen LogP contribution in [0.3, 0.4) is 0 Å². The smallest absolute Gasteiger partial charge is 0.422 e. The van der Waals surface area contributed by atoms with Crippen LogP contribution >= 0.6 is 11.3 Å². The molecular weight excluding hydrogens is 504 g/mol. The number of aromatic nitrogens is 2. The van der Waals surface area contributed by atoms with Gasteiger partial charge in [-0.15, -0.1) is 0 Å². The quantitative estimate of drug-likeness (QED) is 0.486. The van der Waals surface area contributed by atoms with E-state index in [-0.39, 0.29) is 29.6 Å². The number of nitrogens with one attached hydrogen (secondary N) is 1. The second-order valence-electron chi connectivity index (χ2n) is 9.40. The molecule has 2 aliphatic rings. The van der Waals surface area contributed by atoms with E-state index in [4.69, 9.17) is 14.0 Å². The van der Waals surface area contributed by atoms with Crippen molar-refractivity contribution in [3.05, 3.63) is 22.4 Å². The van der Waals surface area contributed by atoms with E-state index in [1.807, 2.05) is 0 Å². The van der Waals surface area contributed by atoms with Gasteiger partial charge >= 0.3 is 6.18 Å². The van der Waals surface area contributed by atoms with Crippen molar-refractivity contribution in [3.63, 3.8) is 0 Å². The molecule has 200 valence electrons. The number of amides is 1. The second-order valence-corrected chi connectivity index (χ2v) is 10.4. The summed E-state index contributed by atoms with van der Waals surface area (Å²) in [6.45, 7) is 2.19. The molecule has 3 heterocycles. The molecule has 1 amide bonds. The van der Waals surface area contributed by atoms with Gasteiger partial charge in [0.25, 0.3) is 17.0 Å². The average molecular weight is 535 g/mol. The molecule has 8 nitrogen and oxygen atoms in total. The van der Waals surface area contributed by atoms with Crippen LogP contribution in [0.2, 0.25) is 0 Å². The molecule has 0 atom stereocenters. The van der Waals surface area contributed by atoms with Gasteiger partial charge < -0.3 is 24.2 Å². The Kier molecular flexibility index (Phi) is 8.38. The van der Waals surface area contributed by atoms with Crippen molar-refractivity contribution < 1.29 is 36.4 Å². The molecule has 1 aliphatic carbocycles. The number of carbonyl (C=O) groups is 1. The first-order valence-corrected chi connectivity index (χ1v) is 12.8. The van der Waals surface area contributed by atoms with E-state index in [2.05, 4.69) is 20.4 Å². The number of nitrogens with zero attached hydrogens (tertiary/aromatic N) is 3. The maximum absolute atomic E-state index is 15.4. The Morgan fingerprint density at radius 2 is 2.03 bits per heavy atom. The zero-order valence-electron chi connectivity index (χ0n) is 20.0. The Bertz CT molecular complexity index is 995. The number of carbonyl (C=O) groups excluding carboxylic acids is 1. The summed E-state index contributed by atoms with van der Waals surface area (Å²) in [6, 6.07) is 1.51. The first kappa shape index (κ1) is 26.6. The van der Waals surface area contributed by atoms with Crippen LogP contribution in [-0.4, -0.2) is 71.7 Å². The summed E-state index contributed by atoms with van der Waals surface area (Å²) >= 11 is 1.16. The minimum absolute atomic E-state index is 0.0529. The maximum Gasteiger partial charge on any atom is 0.422 e. The van der Waals surface area contributed by atoms with Gasteiger partial charge in [-0.1, -0.05) is 11.3 Å². The SMILES string of the molecule is Cc1cc(OCC(=O)NC2CCC(F)(CCN3CCc4nc(OCC(F)(F)F)sc4CC3)CC2)no1. The van der Waals surface area contributed by atoms with Crippen LogP contribution in [0.5, 0.6) is 11.1 Å². The van der Waals surface area contributed by atoms with Gasteiger partial charge in [-0.3, -0.25) is 4.79 Å². The Morgan fingerprint density at radius 3 is 2.72 bits per heavy atom. The minimum Gasteiger partial charge on any atom is -0.465 e. The Balaban J connectivity index is 1.15. The molecule has 36 heavy (non-hydrogen) atoms. The highest BCUT2D eigenvalue weighted by Gasteiger charge is 2.36. The molecule has 0 spiro atoms. The van der Waals surface area contributed by atoms with Crippen LogP contribution in [0.15, 0.2) is 10.6 Å². The largest absolute Gasteiger partial charge is 0.465 e. The van der Waals surface area contributed by atoms with Crippen molar-refractivity contribution in [1.82, 2.24) is 20.4 Å². The van der Waals surface area contributed by atoms with E-state index < -0.39 is 18.5 Å². The number of alkyl halides is 4. The summed E-state index contributed by atoms with van der Waals surface area (Å²) in [5.74, 6) is 0.571. The lowest BCUT2D eigenvalue weighted by atomic mass is 9.81. The van der Waals surface area contributed by atoms with E-state index in [9.17, 15) is 18.0 Å². The Hall–Kier alpha value is -2.41. The molecule has 0 aromatic carbocycles. The first-order valence-electron chi connectivity index (χ1n) is 12.0. The lowest BCUT2D eigenvalue weighted by Crippen LogP contribution is -2.44. The average Bonchev–Trinajstić information content (AvgIpc) is 3.37. The van der Waals surface area contributed by atoms with E-state index in [1.165, 1.54) is 0 Å². The van der Waals surface area contributed by atoms with Crippen molar-refractivity contribution in [2.24, 2.45) is 0 Å². The summed E-state index contributed by atoms with van der Waals surface area (Å²) in [5, 5.41) is 6.62. The molecule has 0 radical (unpaired) electrons. The van der Waals surface area contributed by atoms with E-state index >= 15 is 4.39 Å². The summed E-state index contributed by atoms with van der Waals surface area (Å²) < 4.78 is 67.5. The van der Waals surface area contributed by atoms with Gasteiger partial charge in [0, 0.05) is 43.0 Å². The highest BCUT2D eigenvalue weighted by molar-refractivity contribution is 7.13. The van der Waals surface area contributed by atoms with Gasteiger partial charge in [-0.2, -0.15) is 13.2 Å². The maximum atomic E-state index is 15.4. The third-order valence-electron chi connectivity index (χ3n) is 6.52. The van der Waals surface area contributed by atoms with Gasteiger partial charge in [0.05, 0.1) is 5.69 Å². The van der Waals surface area contributed by atoms with Crippen LogP contribution in [0, 0.1) is 6.92 Å². The minimum atomic E-state index is -4.39. The fraction of sp³-hybridized carbons (Fsp3) is 0.696. The van der Waals surface area contributed by atoms with Gasteiger partial charge in [0.2, 0.25) is 0 Å². The van der Waals surface area contributed by atoms with E-state index in [0.717, 1.165) is 21.9 Å². The molecule has 1 N–H and O–H groups in total. The van der Waals surface area contributed by atoms with Crippen molar-refractivity contribution in [2.45, 2.75) is 69.8 Å². The number of thiazole rings is 1. The topological polar surface area (TPSA) is 89.7 Å². The summed E-state index contributed by atoms with van der Waals surface area (Å²) in [5.41, 5.74) is -0.502. The lowest BCUT2D eigenvalue weighted by molar-refractivity contribution is -0.153. The van der Waals surface area contributed by atoms with Gasteiger partial charge in [-0.05, 0) is 50.6 Å². The van der Waals surface area contributed by atoms with Crippen LogP contribution in [0.4, 0.5) is 17.6 Å². The summed E-state index contributed by atoms with van der Waals surface area (Å²) in [6.07, 6.45) is -0.840. The molecule has 0 saturated heterocycles. The lowest BCUT2D eigenvalue weighted by Gasteiger charge is -2.35. The summed E-state index contributed by atoms with van der Waals surface area (Å²) in [7, 11) is 0. The molecule has 1 aliphatic heterocycles. The summed E-state index contributed by atoms with van der Waals surface area (Å²) in [4.78, 5) is 19.5. The Labute approximate surface area is 210 Å². The number of ether oxygens (including phenoxy) is 2. The number of rotatable bonds is 9. The predicted molar refractivity (Wildman–Crippen MR) is 123 cm³/mol. The molecular formula is C23H30F4N4O4S. The van der Waals surface area contributed by atoms with E-state index in [1.54, 1.807) is 13.0 Å². The fourth-order valence-corrected chi connectivity index (χ4v) is 5.47. The molecule has 0 bridgehead atoms. The molecule has 13 heteroatoms. The molecule has 4 rings (SSSR count). The number of halogens is 4. The zero-order chi connectivity index (χ0) is 25.8. The third-order valence-corrected chi connectivity index (χ3v) is 7.59. The molecule has 2 aromatic rings. The molecule has 2 aromatic heterocycles. The van der Waals surface area contributed by atoms with Crippen molar-refractivity contribution in [3.8, 4) is 11.1 Å². The second kappa shape index (κ2) is 11.3. The fourth-order valence-electron chi connectivity index (χ4n) is 4.52. The number of hydrogen-bond acceptors (Lipinski definition) is 8. The van der Waals surface area contributed by atoms with Gasteiger partial charge in [0.1, 0.15) is 11.4 Å². The van der Waals surface area contributed by atoms with Crippen LogP contribution in [-0.2, 0) is 17.6 Å². The zero-order valence-corrected chi connectivity index (χ0v) is 20.9. The standard InChI is InChI=1S/C23H30F4N4O4S/c1-15-12-20(30-35-15)33-13-19(32)28-16-2-6-22(24,7-3-16)8-11-31-9-4-17-18(5-10-31)36-21(29-17)34-14-23(25,26)27/h12,16H,2-11,13-14H2,1H3,(H,28,32). The first-order chi connectivity index (χ1) is 17.1. The highest BCUT2D eigenvalue weighted by Crippen LogP contribution is 2.36. The highest BCUT2D eigenvalue weighted by atomic mass is 32.1. The van der Waals surface area contributed by atoms with Crippen LogP contribution in [0.1, 0.15) is 48.4 Å². The van der Waals surface area contributed by atoms with Crippen molar-refractivity contribution in [1.29, 1.82) is 0 Å². The third kappa shape index (κ3) is 7.79. The predicted octanol–water partition coefficient (Wildman–Crippen LogP) is 4.02. The monoisotopic (exact) mass is 534 g/mol. The molecule has 1 saturated carbocycles. The number of aryl methyl sites for hydroxylation is 1. The van der Waals surface area contributed by atoms with Crippen LogP contribution in [0.25, 0.3) is 0 Å². The van der Waals surface area contributed by atoms with Gasteiger partial charge in [-0.25, -0.2) is 9.37 Å². The Morgan fingerprint density at radius 1 is 1.28 bits per heavy atom. The molecule has 0 unspecified atom stereocenters. The van der Waals surface area contributed by atoms with Crippen molar-refractivity contribution in [2.75, 3.05) is 32.8 Å². The normalized spacial score (nSPS) is 23.1. The van der Waals surface area contributed by atoms with E-state index in [0.29, 0.717) is 70.3 Å². The number of fused-ring (bicyclic) bond motifs is 1. The van der Waals surface area contributed by atoms with Gasteiger partial charge in [0.15, 0.2) is 13.2 Å².